The van der Waals surface area contributed by atoms with E-state index in [1.54, 1.807) is 12.5 Å². The maximum Gasteiger partial charge on any atom is 0.0948 e. The Balaban J connectivity index is 2.20. The molecule has 2 rings (SSSR count). The number of hydrogen-bond donors (Lipinski definition) is 2. The molecule has 0 aliphatic rings. The highest BCUT2D eigenvalue weighted by molar-refractivity contribution is 9.10. The first-order valence-corrected chi connectivity index (χ1v) is 6.67. The SMILES string of the molecule is CCn1cncc1C(CO)Nc1cccc(Br)c1. The smallest absolute Gasteiger partial charge is 0.0948 e. The zero-order valence-electron chi connectivity index (χ0n) is 10.2. The number of halogens is 1. The van der Waals surface area contributed by atoms with Gasteiger partial charge in [0.25, 0.3) is 0 Å². The zero-order chi connectivity index (χ0) is 13.0. The van der Waals surface area contributed by atoms with Crippen molar-refractivity contribution < 1.29 is 5.11 Å². The Morgan fingerprint density at radius 2 is 2.33 bits per heavy atom. The van der Waals surface area contributed by atoms with Crippen LogP contribution >= 0.6 is 15.9 Å². The summed E-state index contributed by atoms with van der Waals surface area (Å²) in [5.41, 5.74) is 1.95. The van der Waals surface area contributed by atoms with Crippen LogP contribution in [0.4, 0.5) is 5.69 Å². The molecule has 18 heavy (non-hydrogen) atoms. The van der Waals surface area contributed by atoms with Gasteiger partial charge in [0.1, 0.15) is 0 Å². The molecule has 1 heterocycles. The lowest BCUT2D eigenvalue weighted by Crippen LogP contribution is -2.18. The third-order valence-corrected chi connectivity index (χ3v) is 3.28. The van der Waals surface area contributed by atoms with Gasteiger partial charge in [-0.3, -0.25) is 0 Å². The monoisotopic (exact) mass is 309 g/mol. The van der Waals surface area contributed by atoms with Crippen LogP contribution in [0, 0.1) is 0 Å². The second kappa shape index (κ2) is 6.02. The highest BCUT2D eigenvalue weighted by Crippen LogP contribution is 2.22. The molecular formula is C13H16BrN3O. The fourth-order valence-corrected chi connectivity index (χ4v) is 2.28. The maximum atomic E-state index is 9.53. The van der Waals surface area contributed by atoms with Crippen LogP contribution in [0.25, 0.3) is 0 Å². The number of nitrogens with one attached hydrogen (secondary N) is 1. The Morgan fingerprint density at radius 1 is 1.50 bits per heavy atom. The molecule has 0 aliphatic heterocycles. The molecule has 0 radical (unpaired) electrons. The molecule has 1 atom stereocenters. The van der Waals surface area contributed by atoms with Crippen LogP contribution in [-0.4, -0.2) is 21.3 Å². The molecule has 1 unspecified atom stereocenters. The number of aromatic nitrogens is 2. The number of aliphatic hydroxyl groups excluding tert-OH is 1. The number of benzene rings is 1. The van der Waals surface area contributed by atoms with Crippen molar-refractivity contribution in [3.8, 4) is 0 Å². The molecule has 0 spiro atoms. The number of aryl methyl sites for hydroxylation is 1. The van der Waals surface area contributed by atoms with Crippen molar-refractivity contribution in [1.82, 2.24) is 9.55 Å². The molecule has 0 saturated heterocycles. The first-order chi connectivity index (χ1) is 8.74. The molecule has 1 aromatic heterocycles. The lowest BCUT2D eigenvalue weighted by molar-refractivity contribution is 0.272. The zero-order valence-corrected chi connectivity index (χ0v) is 11.8. The van der Waals surface area contributed by atoms with Gasteiger partial charge in [-0.25, -0.2) is 4.98 Å². The van der Waals surface area contributed by atoms with E-state index in [0.717, 1.165) is 22.4 Å². The van der Waals surface area contributed by atoms with E-state index in [-0.39, 0.29) is 12.6 Å². The molecule has 4 nitrogen and oxygen atoms in total. The molecule has 0 bridgehead atoms. The Bertz CT molecular complexity index is 512. The summed E-state index contributed by atoms with van der Waals surface area (Å²) in [6.45, 7) is 2.92. The van der Waals surface area contributed by atoms with Gasteiger partial charge in [0.2, 0.25) is 0 Å². The van der Waals surface area contributed by atoms with Gasteiger partial charge in [0.05, 0.1) is 30.9 Å². The number of anilines is 1. The van der Waals surface area contributed by atoms with Crippen LogP contribution in [0.2, 0.25) is 0 Å². The number of nitrogens with zero attached hydrogens (tertiary/aromatic N) is 2. The summed E-state index contributed by atoms with van der Waals surface area (Å²) in [5.74, 6) is 0. The second-order valence-corrected chi connectivity index (χ2v) is 4.91. The maximum absolute atomic E-state index is 9.53. The summed E-state index contributed by atoms with van der Waals surface area (Å²) < 4.78 is 3.03. The lowest BCUT2D eigenvalue weighted by Gasteiger charge is -2.19. The van der Waals surface area contributed by atoms with Crippen LogP contribution in [0.5, 0.6) is 0 Å². The van der Waals surface area contributed by atoms with Crippen molar-refractivity contribution in [3.05, 3.63) is 47.0 Å². The number of aliphatic hydroxyl groups is 1. The highest BCUT2D eigenvalue weighted by Gasteiger charge is 2.14. The topological polar surface area (TPSA) is 50.1 Å². The van der Waals surface area contributed by atoms with Gasteiger partial charge >= 0.3 is 0 Å². The quantitative estimate of drug-likeness (QED) is 0.893. The Kier molecular flexibility index (Phi) is 4.38. The van der Waals surface area contributed by atoms with Gasteiger partial charge in [-0.15, -0.1) is 0 Å². The summed E-state index contributed by atoms with van der Waals surface area (Å²) in [5, 5.41) is 12.8. The summed E-state index contributed by atoms with van der Waals surface area (Å²) in [7, 11) is 0. The van der Waals surface area contributed by atoms with Gasteiger partial charge in [0, 0.05) is 16.7 Å². The molecule has 1 aromatic carbocycles. The number of rotatable bonds is 5. The molecule has 0 fully saturated rings. The third-order valence-electron chi connectivity index (χ3n) is 2.79. The van der Waals surface area contributed by atoms with Crippen molar-refractivity contribution in [3.63, 3.8) is 0 Å². The molecule has 5 heteroatoms. The normalized spacial score (nSPS) is 12.4. The van der Waals surface area contributed by atoms with E-state index in [9.17, 15) is 5.11 Å². The minimum atomic E-state index is -0.151. The number of imidazole rings is 1. The van der Waals surface area contributed by atoms with Crippen LogP contribution in [-0.2, 0) is 6.54 Å². The largest absolute Gasteiger partial charge is 0.394 e. The standard InChI is InChI=1S/C13H16BrN3O/c1-2-17-9-15-7-13(17)12(8-18)16-11-5-3-4-10(14)6-11/h3-7,9,12,16,18H,2,8H2,1H3. The predicted molar refractivity (Wildman–Crippen MR) is 75.5 cm³/mol. The third kappa shape index (κ3) is 2.91. The Labute approximate surface area is 115 Å². The van der Waals surface area contributed by atoms with E-state index < -0.39 is 0 Å². The first-order valence-electron chi connectivity index (χ1n) is 5.87. The number of hydrogen-bond acceptors (Lipinski definition) is 3. The Morgan fingerprint density at radius 3 is 3.00 bits per heavy atom. The Hall–Kier alpha value is -1.33. The molecule has 0 saturated carbocycles. The fourth-order valence-electron chi connectivity index (χ4n) is 1.88. The van der Waals surface area contributed by atoms with Crippen molar-refractivity contribution in [2.24, 2.45) is 0 Å². The van der Waals surface area contributed by atoms with E-state index in [0.29, 0.717) is 0 Å². The van der Waals surface area contributed by atoms with Gasteiger partial charge in [-0.2, -0.15) is 0 Å². The molecule has 0 aliphatic carbocycles. The van der Waals surface area contributed by atoms with Crippen molar-refractivity contribution in [2.75, 3.05) is 11.9 Å². The van der Waals surface area contributed by atoms with Crippen LogP contribution in [0.15, 0.2) is 41.3 Å². The minimum absolute atomic E-state index is 0.0260. The van der Waals surface area contributed by atoms with Gasteiger partial charge in [0.15, 0.2) is 0 Å². The summed E-state index contributed by atoms with van der Waals surface area (Å²) in [4.78, 5) is 4.12. The molecule has 2 N–H and O–H groups in total. The van der Waals surface area contributed by atoms with E-state index in [4.69, 9.17) is 0 Å². The fraction of sp³-hybridized carbons (Fsp3) is 0.308. The highest BCUT2D eigenvalue weighted by atomic mass is 79.9. The van der Waals surface area contributed by atoms with Gasteiger partial charge in [-0.05, 0) is 25.1 Å². The van der Waals surface area contributed by atoms with Crippen LogP contribution < -0.4 is 5.32 Å². The van der Waals surface area contributed by atoms with Crippen LogP contribution in [0.1, 0.15) is 18.7 Å². The van der Waals surface area contributed by atoms with Crippen molar-refractivity contribution >= 4 is 21.6 Å². The van der Waals surface area contributed by atoms with Crippen molar-refractivity contribution in [2.45, 2.75) is 19.5 Å². The van der Waals surface area contributed by atoms with E-state index in [2.05, 4.69) is 33.2 Å². The molecular weight excluding hydrogens is 294 g/mol. The molecule has 2 aromatic rings. The predicted octanol–water partition coefficient (Wildman–Crippen LogP) is 2.81. The first kappa shape index (κ1) is 13.1. The molecule has 96 valence electrons. The summed E-state index contributed by atoms with van der Waals surface area (Å²) in [6.07, 6.45) is 3.57. The molecule has 0 amide bonds. The van der Waals surface area contributed by atoms with Crippen LogP contribution in [0.3, 0.4) is 0 Å². The average Bonchev–Trinajstić information content (AvgIpc) is 2.84. The van der Waals surface area contributed by atoms with Gasteiger partial charge < -0.3 is 15.0 Å². The van der Waals surface area contributed by atoms with E-state index in [1.165, 1.54) is 0 Å². The minimum Gasteiger partial charge on any atom is -0.394 e. The second-order valence-electron chi connectivity index (χ2n) is 3.99. The summed E-state index contributed by atoms with van der Waals surface area (Å²) in [6, 6.07) is 7.73. The van der Waals surface area contributed by atoms with E-state index >= 15 is 0 Å². The lowest BCUT2D eigenvalue weighted by atomic mass is 10.2. The summed E-state index contributed by atoms with van der Waals surface area (Å²) >= 11 is 3.43. The van der Waals surface area contributed by atoms with Gasteiger partial charge in [-0.1, -0.05) is 22.0 Å². The average molecular weight is 310 g/mol. The van der Waals surface area contributed by atoms with Crippen molar-refractivity contribution in [1.29, 1.82) is 0 Å². The van der Waals surface area contributed by atoms with E-state index in [1.807, 2.05) is 28.8 Å².